The number of ether oxygens (including phenoxy) is 3. The number of rotatable bonds is 7. The Morgan fingerprint density at radius 3 is 2.79 bits per heavy atom. The summed E-state index contributed by atoms with van der Waals surface area (Å²) in [4.78, 5) is 11.1. The maximum atomic E-state index is 11.1. The van der Waals surface area contributed by atoms with Gasteiger partial charge in [0.05, 0.1) is 26.4 Å². The van der Waals surface area contributed by atoms with Crippen LogP contribution in [0.1, 0.15) is 24.1 Å². The van der Waals surface area contributed by atoms with Crippen LogP contribution in [0.2, 0.25) is 0 Å². The smallest absolute Gasteiger partial charge is 0.332 e. The predicted molar refractivity (Wildman–Crippen MR) is 72.1 cm³/mol. The number of benzene rings is 1. The van der Waals surface area contributed by atoms with Crippen LogP contribution in [0.3, 0.4) is 0 Å². The second-order valence-corrected chi connectivity index (χ2v) is 4.17. The second-order valence-electron chi connectivity index (χ2n) is 4.17. The van der Waals surface area contributed by atoms with Gasteiger partial charge in [0.25, 0.3) is 0 Å². The van der Waals surface area contributed by atoms with E-state index in [1.165, 1.54) is 0 Å². The van der Waals surface area contributed by atoms with Crippen LogP contribution in [-0.2, 0) is 14.3 Å². The molecule has 1 aromatic rings. The molecular weight excluding hydrogens is 246 g/mol. The number of esters is 1. The number of hydrogen-bond acceptors (Lipinski definition) is 5. The highest BCUT2D eigenvalue weighted by atomic mass is 16.6. The monoisotopic (exact) mass is 267 g/mol. The molecule has 0 spiro atoms. The number of nitrogens with two attached hydrogens (primary N) is 1. The Morgan fingerprint density at radius 1 is 1.42 bits per heavy atom. The number of methoxy groups -OCH3 is 1. The predicted octanol–water partition coefficient (Wildman–Crippen LogP) is 1.58. The fourth-order valence-corrected chi connectivity index (χ4v) is 1.71. The van der Waals surface area contributed by atoms with Crippen molar-refractivity contribution in [2.45, 2.75) is 19.9 Å². The normalized spacial score (nSPS) is 12.0. The minimum Gasteiger partial charge on any atom is -0.496 e. The van der Waals surface area contributed by atoms with Gasteiger partial charge >= 0.3 is 5.97 Å². The van der Waals surface area contributed by atoms with E-state index in [1.54, 1.807) is 14.0 Å². The van der Waals surface area contributed by atoms with Gasteiger partial charge in [0.1, 0.15) is 12.4 Å². The zero-order valence-corrected chi connectivity index (χ0v) is 11.6. The Kier molecular flexibility index (Phi) is 6.32. The van der Waals surface area contributed by atoms with Crippen LogP contribution in [0.5, 0.6) is 5.75 Å². The average Bonchev–Trinajstić information content (AvgIpc) is 2.38. The molecule has 5 nitrogen and oxygen atoms in total. The van der Waals surface area contributed by atoms with E-state index in [2.05, 4.69) is 0 Å². The van der Waals surface area contributed by atoms with Crippen molar-refractivity contribution in [2.75, 3.05) is 26.9 Å². The topological polar surface area (TPSA) is 70.8 Å². The maximum Gasteiger partial charge on any atom is 0.332 e. The average molecular weight is 267 g/mol. The molecule has 0 saturated carbocycles. The molecule has 0 fully saturated rings. The van der Waals surface area contributed by atoms with Crippen LogP contribution in [0.25, 0.3) is 0 Å². The molecule has 1 unspecified atom stereocenters. The minimum atomic E-state index is -0.383. The van der Waals surface area contributed by atoms with Crippen molar-refractivity contribution in [3.63, 3.8) is 0 Å². The summed E-state index contributed by atoms with van der Waals surface area (Å²) in [6.45, 7) is 4.23. The van der Waals surface area contributed by atoms with Gasteiger partial charge < -0.3 is 19.9 Å². The molecule has 0 amide bonds. The van der Waals surface area contributed by atoms with Crippen molar-refractivity contribution in [2.24, 2.45) is 5.73 Å². The third kappa shape index (κ3) is 4.89. The van der Waals surface area contributed by atoms with Crippen LogP contribution >= 0.6 is 0 Å². The summed E-state index contributed by atoms with van der Waals surface area (Å²) in [5.74, 6) is 0.337. The number of carbonyl (C=O) groups is 1. The van der Waals surface area contributed by atoms with E-state index >= 15 is 0 Å². The number of aryl methyl sites for hydroxylation is 1. The van der Waals surface area contributed by atoms with E-state index in [1.807, 2.05) is 25.1 Å². The SMILES string of the molecule is CCOC(=O)COCC(N)c1cc(C)ccc1OC. The van der Waals surface area contributed by atoms with E-state index in [-0.39, 0.29) is 25.2 Å². The molecule has 1 atom stereocenters. The lowest BCUT2D eigenvalue weighted by atomic mass is 10.0. The largest absolute Gasteiger partial charge is 0.496 e. The summed E-state index contributed by atoms with van der Waals surface area (Å²) >= 11 is 0. The summed E-state index contributed by atoms with van der Waals surface area (Å²) in [5.41, 5.74) is 8.00. The molecule has 0 heterocycles. The van der Waals surface area contributed by atoms with E-state index in [0.717, 1.165) is 16.9 Å². The molecule has 0 aliphatic rings. The van der Waals surface area contributed by atoms with Crippen molar-refractivity contribution in [3.8, 4) is 5.75 Å². The van der Waals surface area contributed by atoms with Gasteiger partial charge in [0, 0.05) is 5.56 Å². The van der Waals surface area contributed by atoms with Gasteiger partial charge in [0.2, 0.25) is 0 Å². The highest BCUT2D eigenvalue weighted by Crippen LogP contribution is 2.25. The quantitative estimate of drug-likeness (QED) is 0.759. The molecular formula is C14H21NO4. The first-order valence-electron chi connectivity index (χ1n) is 6.22. The van der Waals surface area contributed by atoms with Gasteiger partial charge in [-0.3, -0.25) is 0 Å². The summed E-state index contributed by atoms with van der Waals surface area (Å²) in [7, 11) is 1.60. The standard InChI is InChI=1S/C14H21NO4/c1-4-19-14(16)9-18-8-12(15)11-7-10(2)5-6-13(11)17-3/h5-7,12H,4,8-9,15H2,1-3H3. The minimum absolute atomic E-state index is 0.0876. The molecule has 19 heavy (non-hydrogen) atoms. The Hall–Kier alpha value is -1.59. The molecule has 0 aromatic heterocycles. The zero-order chi connectivity index (χ0) is 14.3. The molecule has 106 valence electrons. The fourth-order valence-electron chi connectivity index (χ4n) is 1.71. The first-order chi connectivity index (χ1) is 9.08. The molecule has 5 heteroatoms. The van der Waals surface area contributed by atoms with Crippen molar-refractivity contribution >= 4 is 5.97 Å². The Morgan fingerprint density at radius 2 is 2.16 bits per heavy atom. The van der Waals surface area contributed by atoms with Gasteiger partial charge in [-0.25, -0.2) is 4.79 Å². The van der Waals surface area contributed by atoms with Crippen LogP contribution in [0.15, 0.2) is 18.2 Å². The number of hydrogen-bond donors (Lipinski definition) is 1. The molecule has 0 aliphatic heterocycles. The van der Waals surface area contributed by atoms with Crippen molar-refractivity contribution in [1.29, 1.82) is 0 Å². The lowest BCUT2D eigenvalue weighted by molar-refractivity contribution is -0.148. The van der Waals surface area contributed by atoms with Crippen LogP contribution in [0.4, 0.5) is 0 Å². The van der Waals surface area contributed by atoms with Gasteiger partial charge in [0.15, 0.2) is 0 Å². The molecule has 0 radical (unpaired) electrons. The van der Waals surface area contributed by atoms with E-state index in [9.17, 15) is 4.79 Å². The summed E-state index contributed by atoms with van der Waals surface area (Å²) in [6, 6.07) is 5.44. The van der Waals surface area contributed by atoms with Crippen LogP contribution < -0.4 is 10.5 Å². The molecule has 0 saturated heterocycles. The van der Waals surface area contributed by atoms with E-state index in [0.29, 0.717) is 6.61 Å². The van der Waals surface area contributed by atoms with E-state index in [4.69, 9.17) is 19.9 Å². The zero-order valence-electron chi connectivity index (χ0n) is 11.6. The van der Waals surface area contributed by atoms with Crippen molar-refractivity contribution in [3.05, 3.63) is 29.3 Å². The van der Waals surface area contributed by atoms with Crippen LogP contribution in [-0.4, -0.2) is 32.9 Å². The molecule has 2 N–H and O–H groups in total. The van der Waals surface area contributed by atoms with Crippen molar-refractivity contribution < 1.29 is 19.0 Å². The third-order valence-electron chi connectivity index (χ3n) is 2.61. The highest BCUT2D eigenvalue weighted by molar-refractivity contribution is 5.70. The first-order valence-corrected chi connectivity index (χ1v) is 6.22. The lowest BCUT2D eigenvalue weighted by Gasteiger charge is -2.16. The first kappa shape index (κ1) is 15.5. The van der Waals surface area contributed by atoms with Crippen LogP contribution in [0, 0.1) is 6.92 Å². The summed E-state index contributed by atoms with van der Waals surface area (Å²) < 4.78 is 15.3. The maximum absolute atomic E-state index is 11.1. The number of carbonyl (C=O) groups excluding carboxylic acids is 1. The fraction of sp³-hybridized carbons (Fsp3) is 0.500. The summed E-state index contributed by atoms with van der Waals surface area (Å²) in [6.07, 6.45) is 0. The molecule has 1 rings (SSSR count). The highest BCUT2D eigenvalue weighted by Gasteiger charge is 2.13. The van der Waals surface area contributed by atoms with Gasteiger partial charge in [-0.2, -0.15) is 0 Å². The molecule has 1 aromatic carbocycles. The Labute approximate surface area is 113 Å². The second kappa shape index (κ2) is 7.76. The Balaban J connectivity index is 2.55. The lowest BCUT2D eigenvalue weighted by Crippen LogP contribution is -2.21. The molecule has 0 bridgehead atoms. The van der Waals surface area contributed by atoms with Gasteiger partial charge in [-0.1, -0.05) is 17.7 Å². The van der Waals surface area contributed by atoms with Gasteiger partial charge in [-0.05, 0) is 19.9 Å². The molecule has 0 aliphatic carbocycles. The summed E-state index contributed by atoms with van der Waals surface area (Å²) in [5, 5.41) is 0. The third-order valence-corrected chi connectivity index (χ3v) is 2.61. The van der Waals surface area contributed by atoms with Gasteiger partial charge in [-0.15, -0.1) is 0 Å². The van der Waals surface area contributed by atoms with Crippen molar-refractivity contribution in [1.82, 2.24) is 0 Å². The Bertz CT molecular complexity index is 420. The van der Waals surface area contributed by atoms with E-state index < -0.39 is 0 Å².